The van der Waals surface area contributed by atoms with Crippen LogP contribution in [0.4, 0.5) is 0 Å². The largest absolute Gasteiger partial charge is 0.329 e. The average Bonchev–Trinajstić information content (AvgIpc) is 2.15. The van der Waals surface area contributed by atoms with Gasteiger partial charge in [-0.05, 0) is 12.8 Å². The molecule has 0 aliphatic heterocycles. The van der Waals surface area contributed by atoms with E-state index in [1.165, 1.54) is 25.7 Å². The van der Waals surface area contributed by atoms with E-state index in [1.54, 1.807) is 0 Å². The van der Waals surface area contributed by atoms with Crippen LogP contribution < -0.4 is 11.5 Å². The first-order valence-electron chi connectivity index (χ1n) is 4.26. The summed E-state index contributed by atoms with van der Waals surface area (Å²) in [5, 5.41) is 0. The van der Waals surface area contributed by atoms with Crippen LogP contribution >= 0.6 is 0 Å². The van der Waals surface area contributed by atoms with E-state index in [-0.39, 0.29) is 5.54 Å². The molecule has 0 bridgehead atoms. The maximum Gasteiger partial charge on any atom is 0.0278 e. The van der Waals surface area contributed by atoms with Gasteiger partial charge < -0.3 is 11.5 Å². The van der Waals surface area contributed by atoms with Crippen LogP contribution in [0.2, 0.25) is 0 Å². The molecule has 0 unspecified atom stereocenters. The first-order valence-corrected chi connectivity index (χ1v) is 4.26. The number of nitrogens with two attached hydrogens (primary N) is 2. The van der Waals surface area contributed by atoms with Gasteiger partial charge in [0.1, 0.15) is 0 Å². The molecule has 0 aromatic carbocycles. The molecule has 60 valence electrons. The fraction of sp³-hybridized carbons (Fsp3) is 1.00. The van der Waals surface area contributed by atoms with Crippen LogP contribution in [0, 0.1) is 0 Å². The van der Waals surface area contributed by atoms with Crippen molar-refractivity contribution in [1.82, 2.24) is 0 Å². The topological polar surface area (TPSA) is 52.0 Å². The van der Waals surface area contributed by atoms with Gasteiger partial charge in [-0.3, -0.25) is 0 Å². The average molecular weight is 142 g/mol. The van der Waals surface area contributed by atoms with Gasteiger partial charge in [-0.15, -0.1) is 0 Å². The van der Waals surface area contributed by atoms with Crippen molar-refractivity contribution in [2.24, 2.45) is 11.5 Å². The van der Waals surface area contributed by atoms with Gasteiger partial charge >= 0.3 is 0 Å². The molecule has 0 amide bonds. The van der Waals surface area contributed by atoms with Gasteiger partial charge in [0.25, 0.3) is 0 Å². The van der Waals surface area contributed by atoms with Crippen molar-refractivity contribution in [2.75, 3.05) is 6.54 Å². The zero-order chi connectivity index (χ0) is 7.45. The molecule has 1 aliphatic rings. The van der Waals surface area contributed by atoms with Gasteiger partial charge in [-0.25, -0.2) is 0 Å². The Morgan fingerprint density at radius 1 is 1.00 bits per heavy atom. The summed E-state index contributed by atoms with van der Waals surface area (Å²) in [6.45, 7) is 0.660. The highest BCUT2D eigenvalue weighted by Crippen LogP contribution is 2.23. The normalized spacial score (nSPS) is 25.8. The molecular weight excluding hydrogens is 124 g/mol. The molecule has 0 aromatic rings. The van der Waals surface area contributed by atoms with E-state index in [4.69, 9.17) is 11.5 Å². The van der Waals surface area contributed by atoms with Crippen molar-refractivity contribution in [3.8, 4) is 0 Å². The second kappa shape index (κ2) is 3.35. The SMILES string of the molecule is NCC1(N)CCCCCC1. The summed E-state index contributed by atoms with van der Waals surface area (Å²) in [6, 6.07) is 0. The lowest BCUT2D eigenvalue weighted by Gasteiger charge is -2.25. The zero-order valence-corrected chi connectivity index (χ0v) is 6.60. The van der Waals surface area contributed by atoms with Crippen LogP contribution in [-0.4, -0.2) is 12.1 Å². The predicted molar refractivity (Wildman–Crippen MR) is 43.7 cm³/mol. The van der Waals surface area contributed by atoms with Gasteiger partial charge in [0.15, 0.2) is 0 Å². The van der Waals surface area contributed by atoms with Crippen LogP contribution in [0.15, 0.2) is 0 Å². The smallest absolute Gasteiger partial charge is 0.0278 e. The predicted octanol–water partition coefficient (Wildman–Crippen LogP) is 0.997. The van der Waals surface area contributed by atoms with Gasteiger partial charge in [-0.2, -0.15) is 0 Å². The standard InChI is InChI=1S/C8H18N2/c9-7-8(10)5-3-1-2-4-6-8/h1-7,9-10H2. The first kappa shape index (κ1) is 8.02. The van der Waals surface area contributed by atoms with Gasteiger partial charge in [0.2, 0.25) is 0 Å². The molecule has 0 atom stereocenters. The molecule has 0 heterocycles. The third-order valence-electron chi connectivity index (χ3n) is 2.51. The molecule has 0 spiro atoms. The number of hydrogen-bond donors (Lipinski definition) is 2. The van der Waals surface area contributed by atoms with Crippen LogP contribution in [-0.2, 0) is 0 Å². The summed E-state index contributed by atoms with van der Waals surface area (Å²) in [7, 11) is 0. The minimum absolute atomic E-state index is 0.0174. The lowest BCUT2D eigenvalue weighted by Crippen LogP contribution is -2.46. The third kappa shape index (κ3) is 1.96. The molecular formula is C8H18N2. The van der Waals surface area contributed by atoms with E-state index in [2.05, 4.69) is 0 Å². The highest BCUT2D eigenvalue weighted by molar-refractivity contribution is 4.86. The molecule has 1 fully saturated rings. The molecule has 0 aromatic heterocycles. The van der Waals surface area contributed by atoms with E-state index in [0.717, 1.165) is 12.8 Å². The summed E-state index contributed by atoms with van der Waals surface area (Å²) < 4.78 is 0. The Hall–Kier alpha value is -0.0800. The Labute approximate surface area is 63.0 Å². The van der Waals surface area contributed by atoms with Crippen molar-refractivity contribution in [3.05, 3.63) is 0 Å². The van der Waals surface area contributed by atoms with Crippen LogP contribution in [0.1, 0.15) is 38.5 Å². The second-order valence-corrected chi connectivity index (χ2v) is 3.48. The van der Waals surface area contributed by atoms with Gasteiger partial charge in [-0.1, -0.05) is 25.7 Å². The monoisotopic (exact) mass is 142 g/mol. The summed E-state index contributed by atoms with van der Waals surface area (Å²) >= 11 is 0. The highest BCUT2D eigenvalue weighted by atomic mass is 14.8. The Kier molecular flexibility index (Phi) is 2.69. The van der Waals surface area contributed by atoms with Crippen molar-refractivity contribution in [3.63, 3.8) is 0 Å². The molecule has 1 rings (SSSR count). The van der Waals surface area contributed by atoms with E-state index in [0.29, 0.717) is 6.54 Å². The summed E-state index contributed by atoms with van der Waals surface area (Å²) in [5.74, 6) is 0. The summed E-state index contributed by atoms with van der Waals surface area (Å²) in [4.78, 5) is 0. The molecule has 1 saturated carbocycles. The Bertz CT molecular complexity index is 93.4. The minimum Gasteiger partial charge on any atom is -0.329 e. The van der Waals surface area contributed by atoms with Crippen molar-refractivity contribution >= 4 is 0 Å². The molecule has 2 heteroatoms. The quantitative estimate of drug-likeness (QED) is 0.536. The Balaban J connectivity index is 2.41. The fourth-order valence-corrected chi connectivity index (χ4v) is 1.64. The fourth-order valence-electron chi connectivity index (χ4n) is 1.64. The van der Waals surface area contributed by atoms with E-state index < -0.39 is 0 Å². The van der Waals surface area contributed by atoms with Crippen molar-refractivity contribution in [2.45, 2.75) is 44.1 Å². The zero-order valence-electron chi connectivity index (χ0n) is 6.60. The molecule has 1 aliphatic carbocycles. The highest BCUT2D eigenvalue weighted by Gasteiger charge is 2.23. The Morgan fingerprint density at radius 3 is 1.90 bits per heavy atom. The second-order valence-electron chi connectivity index (χ2n) is 3.48. The number of hydrogen-bond acceptors (Lipinski definition) is 2. The van der Waals surface area contributed by atoms with Gasteiger partial charge in [0.05, 0.1) is 0 Å². The Morgan fingerprint density at radius 2 is 1.50 bits per heavy atom. The van der Waals surface area contributed by atoms with Crippen molar-refractivity contribution in [1.29, 1.82) is 0 Å². The molecule has 0 radical (unpaired) electrons. The lowest BCUT2D eigenvalue weighted by molar-refractivity contribution is 0.382. The minimum atomic E-state index is -0.0174. The maximum atomic E-state index is 6.03. The van der Waals surface area contributed by atoms with Gasteiger partial charge in [0, 0.05) is 12.1 Å². The maximum absolute atomic E-state index is 6.03. The molecule has 4 N–H and O–H groups in total. The van der Waals surface area contributed by atoms with Crippen LogP contribution in [0.5, 0.6) is 0 Å². The third-order valence-corrected chi connectivity index (χ3v) is 2.51. The lowest BCUT2D eigenvalue weighted by atomic mass is 9.92. The first-order chi connectivity index (χ1) is 4.77. The van der Waals surface area contributed by atoms with Crippen molar-refractivity contribution < 1.29 is 0 Å². The summed E-state index contributed by atoms with van der Waals surface area (Å²) in [5.41, 5.74) is 11.6. The van der Waals surface area contributed by atoms with E-state index >= 15 is 0 Å². The van der Waals surface area contributed by atoms with E-state index in [9.17, 15) is 0 Å². The molecule has 0 saturated heterocycles. The van der Waals surface area contributed by atoms with Crippen LogP contribution in [0.3, 0.4) is 0 Å². The summed E-state index contributed by atoms with van der Waals surface area (Å²) in [6.07, 6.45) is 7.49. The molecule has 2 nitrogen and oxygen atoms in total. The van der Waals surface area contributed by atoms with Crippen LogP contribution in [0.25, 0.3) is 0 Å². The molecule has 10 heavy (non-hydrogen) atoms. The van der Waals surface area contributed by atoms with E-state index in [1.807, 2.05) is 0 Å². The number of rotatable bonds is 1.